The molecule has 0 aromatic heterocycles. The summed E-state index contributed by atoms with van der Waals surface area (Å²) in [6.45, 7) is 5.00. The van der Waals surface area contributed by atoms with Crippen LogP contribution in [0, 0.1) is 5.82 Å². The summed E-state index contributed by atoms with van der Waals surface area (Å²) >= 11 is 0. The van der Waals surface area contributed by atoms with Crippen LogP contribution in [-0.2, 0) is 14.3 Å². The molecule has 160 valence electrons. The average Bonchev–Trinajstić information content (AvgIpc) is 2.74. The molecule has 8 heteroatoms. The minimum atomic E-state index is -0.442. The molecule has 1 heterocycles. The number of quaternary nitrogens is 1. The molecule has 3 rings (SSSR count). The number of nitrogens with one attached hydrogen (secondary N) is 3. The van der Waals surface area contributed by atoms with Gasteiger partial charge in [0.05, 0.1) is 20.3 Å². The number of hydrogen-bond acceptors (Lipinski definition) is 4. The fourth-order valence-corrected chi connectivity index (χ4v) is 3.23. The van der Waals surface area contributed by atoms with Crippen LogP contribution in [0.2, 0.25) is 0 Å². The summed E-state index contributed by atoms with van der Waals surface area (Å²) in [5.41, 5.74) is 2.20. The van der Waals surface area contributed by atoms with Gasteiger partial charge in [-0.05, 0) is 49.4 Å². The number of carbonyl (C=O) groups excluding carboxylic acids is 2. The number of morpholine rings is 1. The van der Waals surface area contributed by atoms with Crippen LogP contribution in [0.1, 0.15) is 6.92 Å². The number of ether oxygens (including phenoxy) is 1. The van der Waals surface area contributed by atoms with E-state index >= 15 is 0 Å². The first-order valence-electron chi connectivity index (χ1n) is 10.0. The lowest BCUT2D eigenvalue weighted by Crippen LogP contribution is -3.14. The minimum absolute atomic E-state index is 0.0844. The van der Waals surface area contributed by atoms with Crippen LogP contribution in [0.15, 0.2) is 48.5 Å². The third-order valence-electron chi connectivity index (χ3n) is 5.19. The summed E-state index contributed by atoms with van der Waals surface area (Å²) in [4.78, 5) is 27.8. The van der Waals surface area contributed by atoms with E-state index in [0.717, 1.165) is 36.9 Å². The van der Waals surface area contributed by atoms with E-state index in [1.807, 2.05) is 24.3 Å². The Morgan fingerprint density at radius 3 is 2.47 bits per heavy atom. The fraction of sp³-hybridized carbons (Fsp3) is 0.364. The van der Waals surface area contributed by atoms with Gasteiger partial charge in [-0.15, -0.1) is 0 Å². The van der Waals surface area contributed by atoms with Gasteiger partial charge in [-0.1, -0.05) is 6.07 Å². The molecule has 0 saturated carbocycles. The molecule has 0 aliphatic carbocycles. The first-order chi connectivity index (χ1) is 14.4. The summed E-state index contributed by atoms with van der Waals surface area (Å²) in [7, 11) is 1.77. The maximum absolute atomic E-state index is 13.2. The van der Waals surface area contributed by atoms with E-state index in [0.29, 0.717) is 11.4 Å². The first-order valence-corrected chi connectivity index (χ1v) is 10.0. The molecule has 1 saturated heterocycles. The van der Waals surface area contributed by atoms with Gasteiger partial charge in [0.1, 0.15) is 5.82 Å². The molecule has 2 atom stereocenters. The summed E-state index contributed by atoms with van der Waals surface area (Å²) in [6, 6.07) is 13.0. The van der Waals surface area contributed by atoms with Gasteiger partial charge in [0.2, 0.25) is 0 Å². The highest BCUT2D eigenvalue weighted by Gasteiger charge is 2.24. The molecule has 30 heavy (non-hydrogen) atoms. The minimum Gasteiger partial charge on any atom is -0.378 e. The highest BCUT2D eigenvalue weighted by Crippen LogP contribution is 2.19. The van der Waals surface area contributed by atoms with Crippen molar-refractivity contribution in [2.45, 2.75) is 13.0 Å². The smallest absolute Gasteiger partial charge is 0.282 e. The van der Waals surface area contributed by atoms with Crippen molar-refractivity contribution < 1.29 is 23.6 Å². The predicted molar refractivity (Wildman–Crippen MR) is 114 cm³/mol. The molecular weight excluding hydrogens is 387 g/mol. The molecule has 1 unspecified atom stereocenters. The van der Waals surface area contributed by atoms with Crippen LogP contribution in [0.4, 0.5) is 21.5 Å². The molecule has 7 nitrogen and oxygen atoms in total. The van der Waals surface area contributed by atoms with Crippen LogP contribution < -0.4 is 20.4 Å². The van der Waals surface area contributed by atoms with Crippen LogP contribution in [0.3, 0.4) is 0 Å². The lowest BCUT2D eigenvalue weighted by Gasteiger charge is -2.29. The molecule has 2 amide bonds. The number of nitrogens with zero attached hydrogens (tertiary/aromatic N) is 1. The number of likely N-dealkylation sites (N-methyl/N-ethyl adjacent to an activating group) is 1. The van der Waals surface area contributed by atoms with E-state index in [1.165, 1.54) is 18.2 Å². The quantitative estimate of drug-likeness (QED) is 0.634. The Morgan fingerprint density at radius 1 is 1.10 bits per heavy atom. The second kappa shape index (κ2) is 10.2. The third-order valence-corrected chi connectivity index (χ3v) is 5.19. The average molecular weight is 415 g/mol. The molecule has 2 aromatic carbocycles. The highest BCUT2D eigenvalue weighted by atomic mass is 19.1. The van der Waals surface area contributed by atoms with Crippen molar-refractivity contribution in [1.82, 2.24) is 0 Å². The monoisotopic (exact) mass is 415 g/mol. The lowest BCUT2D eigenvalue weighted by atomic mass is 10.2. The molecule has 2 aromatic rings. The Hall–Kier alpha value is -2.97. The molecular formula is C22H28FN4O3+. The standard InChI is InChI=1S/C22H27FN4O3/c1-16(26(2)15-21(28)24-19-5-3-4-17(23)14-19)22(29)25-18-6-8-20(9-7-18)27-10-12-30-13-11-27/h3-9,14,16H,10-13,15H2,1-2H3,(H,24,28)(H,25,29)/p+1/t16-/m1/s1. The first kappa shape index (κ1) is 21.7. The number of hydrogen-bond donors (Lipinski definition) is 3. The highest BCUT2D eigenvalue weighted by molar-refractivity contribution is 5.94. The molecule has 0 spiro atoms. The number of halogens is 1. The molecule has 1 aliphatic heterocycles. The maximum atomic E-state index is 13.2. The molecule has 1 aliphatic rings. The van der Waals surface area contributed by atoms with Gasteiger partial charge in [0.25, 0.3) is 11.8 Å². The maximum Gasteiger partial charge on any atom is 0.282 e. The van der Waals surface area contributed by atoms with E-state index in [1.54, 1.807) is 20.0 Å². The second-order valence-corrected chi connectivity index (χ2v) is 7.44. The SMILES string of the molecule is C[C@H](C(=O)Nc1ccc(N2CCOCC2)cc1)[NH+](C)CC(=O)Nc1cccc(F)c1. The van der Waals surface area contributed by atoms with Crippen LogP contribution in [-0.4, -0.2) is 57.8 Å². The number of rotatable bonds is 7. The summed E-state index contributed by atoms with van der Waals surface area (Å²) in [5.74, 6) is -0.876. The van der Waals surface area contributed by atoms with Gasteiger partial charge in [0.15, 0.2) is 12.6 Å². The van der Waals surface area contributed by atoms with Gasteiger partial charge >= 0.3 is 0 Å². The zero-order chi connectivity index (χ0) is 21.5. The van der Waals surface area contributed by atoms with Gasteiger partial charge in [-0.2, -0.15) is 0 Å². The molecule has 1 fully saturated rings. The number of anilines is 3. The van der Waals surface area contributed by atoms with Gasteiger partial charge in [-0.3, -0.25) is 9.59 Å². The zero-order valence-electron chi connectivity index (χ0n) is 17.3. The van der Waals surface area contributed by atoms with E-state index in [9.17, 15) is 14.0 Å². The van der Waals surface area contributed by atoms with Crippen LogP contribution in [0.5, 0.6) is 0 Å². The van der Waals surface area contributed by atoms with E-state index in [4.69, 9.17) is 4.74 Å². The molecule has 3 N–H and O–H groups in total. The Morgan fingerprint density at radius 2 is 1.80 bits per heavy atom. The summed E-state index contributed by atoms with van der Waals surface area (Å²) in [6.07, 6.45) is 0. The Labute approximate surface area is 175 Å². The van der Waals surface area contributed by atoms with Crippen molar-refractivity contribution in [3.8, 4) is 0 Å². The number of benzene rings is 2. The summed E-state index contributed by atoms with van der Waals surface area (Å²) in [5, 5.41) is 5.55. The van der Waals surface area contributed by atoms with Crippen molar-refractivity contribution in [3.05, 3.63) is 54.3 Å². The zero-order valence-corrected chi connectivity index (χ0v) is 17.3. The second-order valence-electron chi connectivity index (χ2n) is 7.44. The fourth-order valence-electron chi connectivity index (χ4n) is 3.23. The lowest BCUT2D eigenvalue weighted by molar-refractivity contribution is -0.885. The van der Waals surface area contributed by atoms with Crippen molar-refractivity contribution in [1.29, 1.82) is 0 Å². The Balaban J connectivity index is 1.49. The van der Waals surface area contributed by atoms with E-state index in [-0.39, 0.29) is 18.4 Å². The topological polar surface area (TPSA) is 75.1 Å². The van der Waals surface area contributed by atoms with Gasteiger partial charge < -0.3 is 25.2 Å². The molecule has 0 radical (unpaired) electrons. The third kappa shape index (κ3) is 6.01. The van der Waals surface area contributed by atoms with Crippen molar-refractivity contribution >= 4 is 28.9 Å². The van der Waals surface area contributed by atoms with Gasteiger partial charge in [0, 0.05) is 30.2 Å². The van der Waals surface area contributed by atoms with Crippen LogP contribution in [0.25, 0.3) is 0 Å². The predicted octanol–water partition coefficient (Wildman–Crippen LogP) is 1.14. The molecule has 0 bridgehead atoms. The van der Waals surface area contributed by atoms with Crippen molar-refractivity contribution in [2.75, 3.05) is 55.4 Å². The largest absolute Gasteiger partial charge is 0.378 e. The summed E-state index contributed by atoms with van der Waals surface area (Å²) < 4.78 is 18.6. The Bertz CT molecular complexity index is 869. The van der Waals surface area contributed by atoms with Gasteiger partial charge in [-0.25, -0.2) is 4.39 Å². The Kier molecular flexibility index (Phi) is 7.37. The normalized spacial score (nSPS) is 15.9. The van der Waals surface area contributed by atoms with Crippen molar-refractivity contribution in [3.63, 3.8) is 0 Å². The van der Waals surface area contributed by atoms with Crippen molar-refractivity contribution in [2.24, 2.45) is 0 Å². The van der Waals surface area contributed by atoms with E-state index < -0.39 is 11.9 Å². The van der Waals surface area contributed by atoms with Crippen LogP contribution >= 0.6 is 0 Å². The van der Waals surface area contributed by atoms with E-state index in [2.05, 4.69) is 15.5 Å². The number of carbonyl (C=O) groups is 2. The number of amides is 2.